The minimum absolute atomic E-state index is 0.0168. The lowest BCUT2D eigenvalue weighted by atomic mass is 10.1. The second-order valence-electron chi connectivity index (χ2n) is 5.38. The molecule has 0 saturated heterocycles. The van der Waals surface area contributed by atoms with E-state index in [0.717, 1.165) is 0 Å². The highest BCUT2D eigenvalue weighted by Gasteiger charge is 2.17. The summed E-state index contributed by atoms with van der Waals surface area (Å²) in [5, 5.41) is 9.00. The molecule has 7 heteroatoms. The predicted molar refractivity (Wildman–Crippen MR) is 83.5 cm³/mol. The molecule has 6 nitrogen and oxygen atoms in total. The molecule has 128 valence electrons. The Hall–Kier alpha value is -2.83. The first kappa shape index (κ1) is 17.5. The summed E-state index contributed by atoms with van der Waals surface area (Å²) < 4.78 is 23.8. The van der Waals surface area contributed by atoms with Crippen molar-refractivity contribution in [2.75, 3.05) is 14.2 Å². The average molecular weight is 335 g/mol. The van der Waals surface area contributed by atoms with Gasteiger partial charge in [0, 0.05) is 7.05 Å². The van der Waals surface area contributed by atoms with Crippen molar-refractivity contribution in [3.63, 3.8) is 0 Å². The van der Waals surface area contributed by atoms with E-state index in [-0.39, 0.29) is 35.9 Å². The van der Waals surface area contributed by atoms with Crippen LogP contribution in [0.25, 0.3) is 0 Å². The third kappa shape index (κ3) is 3.92. The van der Waals surface area contributed by atoms with Crippen LogP contribution in [0.2, 0.25) is 0 Å². The number of amides is 1. The number of halogens is 1. The molecule has 2 rings (SSSR count). The molecule has 2 aromatic rings. The van der Waals surface area contributed by atoms with E-state index in [2.05, 4.69) is 0 Å². The maximum absolute atomic E-state index is 13.7. The fourth-order valence-electron chi connectivity index (χ4n) is 2.29. The number of benzene rings is 1. The number of aromatic carboxylic acids is 1. The van der Waals surface area contributed by atoms with Crippen LogP contribution in [0.5, 0.6) is 5.75 Å². The second kappa shape index (κ2) is 7.16. The number of rotatable bonds is 6. The minimum Gasteiger partial charge on any atom is -0.494 e. The number of ether oxygens (including phenoxy) is 1. The monoisotopic (exact) mass is 335 g/mol. The molecule has 1 aromatic heterocycles. The molecule has 1 aromatic carbocycles. The van der Waals surface area contributed by atoms with Crippen molar-refractivity contribution in [2.45, 2.75) is 19.9 Å². The Labute approximate surface area is 138 Å². The Bertz CT molecular complexity index is 768. The number of aryl methyl sites for hydroxylation is 1. The zero-order chi connectivity index (χ0) is 17.9. The molecule has 0 unspecified atom stereocenters. The van der Waals surface area contributed by atoms with Crippen LogP contribution in [0.1, 0.15) is 27.4 Å². The van der Waals surface area contributed by atoms with E-state index in [1.165, 1.54) is 30.2 Å². The normalized spacial score (nSPS) is 10.5. The van der Waals surface area contributed by atoms with Crippen LogP contribution in [0.3, 0.4) is 0 Å². The van der Waals surface area contributed by atoms with E-state index in [9.17, 15) is 14.0 Å². The molecule has 0 radical (unpaired) electrons. The number of carbonyl (C=O) groups is 2. The van der Waals surface area contributed by atoms with Crippen molar-refractivity contribution in [1.82, 2.24) is 4.90 Å². The largest absolute Gasteiger partial charge is 0.494 e. The molecule has 0 aliphatic carbocycles. The Balaban J connectivity index is 2.03. The molecule has 24 heavy (non-hydrogen) atoms. The Kier molecular flexibility index (Phi) is 5.23. The van der Waals surface area contributed by atoms with Gasteiger partial charge in [0.2, 0.25) is 5.91 Å². The lowest BCUT2D eigenvalue weighted by molar-refractivity contribution is -0.129. The summed E-state index contributed by atoms with van der Waals surface area (Å²) in [7, 11) is 2.94. The first-order valence-electron chi connectivity index (χ1n) is 7.20. The lowest BCUT2D eigenvalue weighted by Gasteiger charge is -2.16. The zero-order valence-corrected chi connectivity index (χ0v) is 13.6. The molecule has 0 bridgehead atoms. The van der Waals surface area contributed by atoms with Crippen molar-refractivity contribution in [3.05, 3.63) is 52.7 Å². The third-order valence-electron chi connectivity index (χ3n) is 3.59. The standard InChI is InChI=1S/C17H18FNO5/c1-10-13(17(21)22)8-12(24-10)9-19(2)16(20)7-11-4-5-15(23-3)14(18)6-11/h4-6,8H,7,9H2,1-3H3,(H,21,22). The quantitative estimate of drug-likeness (QED) is 0.878. The van der Waals surface area contributed by atoms with Crippen molar-refractivity contribution in [1.29, 1.82) is 0 Å². The Morgan fingerprint density at radius 3 is 2.58 bits per heavy atom. The molecule has 0 aliphatic heterocycles. The van der Waals surface area contributed by atoms with Crippen LogP contribution < -0.4 is 4.74 Å². The molecule has 1 heterocycles. The van der Waals surface area contributed by atoms with Gasteiger partial charge in [-0.3, -0.25) is 4.79 Å². The van der Waals surface area contributed by atoms with E-state index >= 15 is 0 Å². The zero-order valence-electron chi connectivity index (χ0n) is 13.6. The fourth-order valence-corrected chi connectivity index (χ4v) is 2.29. The van der Waals surface area contributed by atoms with Gasteiger partial charge in [0.15, 0.2) is 11.6 Å². The molecule has 0 saturated carbocycles. The number of carboxylic acid groups (broad SMARTS) is 1. The lowest BCUT2D eigenvalue weighted by Crippen LogP contribution is -2.27. The number of carboxylic acids is 1. The Morgan fingerprint density at radius 2 is 2.04 bits per heavy atom. The van der Waals surface area contributed by atoms with Crippen molar-refractivity contribution < 1.29 is 28.2 Å². The summed E-state index contributed by atoms with van der Waals surface area (Å²) >= 11 is 0. The van der Waals surface area contributed by atoms with Crippen LogP contribution in [-0.4, -0.2) is 36.0 Å². The molecular formula is C17H18FNO5. The molecule has 1 amide bonds. The highest BCUT2D eigenvalue weighted by molar-refractivity contribution is 5.88. The van der Waals surface area contributed by atoms with Gasteiger partial charge in [0.1, 0.15) is 17.1 Å². The summed E-state index contributed by atoms with van der Waals surface area (Å²) in [6, 6.07) is 5.73. The van der Waals surface area contributed by atoms with Crippen molar-refractivity contribution in [3.8, 4) is 5.75 Å². The van der Waals surface area contributed by atoms with Gasteiger partial charge in [0.25, 0.3) is 0 Å². The summed E-state index contributed by atoms with van der Waals surface area (Å²) in [6.45, 7) is 1.68. The number of likely N-dealkylation sites (N-methyl/N-ethyl adjacent to an activating group) is 1. The van der Waals surface area contributed by atoms with Crippen LogP contribution in [0.15, 0.2) is 28.7 Å². The van der Waals surface area contributed by atoms with Gasteiger partial charge >= 0.3 is 5.97 Å². The van der Waals surface area contributed by atoms with Gasteiger partial charge in [0.05, 0.1) is 20.1 Å². The maximum atomic E-state index is 13.7. The van der Waals surface area contributed by atoms with Gasteiger partial charge < -0.3 is 19.2 Å². The molecular weight excluding hydrogens is 317 g/mol. The molecule has 0 fully saturated rings. The number of hydrogen-bond acceptors (Lipinski definition) is 4. The molecule has 1 N–H and O–H groups in total. The minimum atomic E-state index is -1.08. The summed E-state index contributed by atoms with van der Waals surface area (Å²) in [6.07, 6.45) is 0.0168. The fraction of sp³-hybridized carbons (Fsp3) is 0.294. The number of nitrogens with zero attached hydrogens (tertiary/aromatic N) is 1. The molecule has 0 aliphatic rings. The SMILES string of the molecule is COc1ccc(CC(=O)N(C)Cc2cc(C(=O)O)c(C)o2)cc1F. The molecule has 0 spiro atoms. The van der Waals surface area contributed by atoms with E-state index in [4.69, 9.17) is 14.3 Å². The average Bonchev–Trinajstić information content (AvgIpc) is 2.88. The number of carbonyl (C=O) groups excluding carboxylic acids is 1. The van der Waals surface area contributed by atoms with Gasteiger partial charge in [-0.25, -0.2) is 9.18 Å². The number of hydrogen-bond donors (Lipinski definition) is 1. The van der Waals surface area contributed by atoms with E-state index in [1.54, 1.807) is 20.0 Å². The first-order chi connectivity index (χ1) is 11.3. The third-order valence-corrected chi connectivity index (χ3v) is 3.59. The summed E-state index contributed by atoms with van der Waals surface area (Å²) in [5.74, 6) is -1.07. The first-order valence-corrected chi connectivity index (χ1v) is 7.20. The summed E-state index contributed by atoms with van der Waals surface area (Å²) in [5.41, 5.74) is 0.593. The van der Waals surface area contributed by atoms with Crippen molar-refractivity contribution in [2.24, 2.45) is 0 Å². The Morgan fingerprint density at radius 1 is 1.33 bits per heavy atom. The van der Waals surface area contributed by atoms with Gasteiger partial charge in [-0.15, -0.1) is 0 Å². The topological polar surface area (TPSA) is 80.0 Å². The second-order valence-corrected chi connectivity index (χ2v) is 5.38. The maximum Gasteiger partial charge on any atom is 0.339 e. The summed E-state index contributed by atoms with van der Waals surface area (Å²) in [4.78, 5) is 24.6. The highest BCUT2D eigenvalue weighted by Crippen LogP contribution is 2.19. The predicted octanol–water partition coefficient (Wildman–Crippen LogP) is 2.64. The highest BCUT2D eigenvalue weighted by atomic mass is 19.1. The van der Waals surface area contributed by atoms with Gasteiger partial charge in [-0.1, -0.05) is 6.07 Å². The van der Waals surface area contributed by atoms with Crippen LogP contribution in [0, 0.1) is 12.7 Å². The van der Waals surface area contributed by atoms with Crippen molar-refractivity contribution >= 4 is 11.9 Å². The molecule has 0 atom stereocenters. The van der Waals surface area contributed by atoms with Crippen LogP contribution >= 0.6 is 0 Å². The van der Waals surface area contributed by atoms with E-state index in [1.807, 2.05) is 0 Å². The van der Waals surface area contributed by atoms with E-state index in [0.29, 0.717) is 11.3 Å². The van der Waals surface area contributed by atoms with Crippen LogP contribution in [0.4, 0.5) is 4.39 Å². The number of furan rings is 1. The van der Waals surface area contributed by atoms with Gasteiger partial charge in [-0.05, 0) is 30.7 Å². The smallest absolute Gasteiger partial charge is 0.339 e. The number of methoxy groups -OCH3 is 1. The van der Waals surface area contributed by atoms with Crippen LogP contribution in [-0.2, 0) is 17.8 Å². The van der Waals surface area contributed by atoms with E-state index < -0.39 is 11.8 Å². The van der Waals surface area contributed by atoms with Gasteiger partial charge in [-0.2, -0.15) is 0 Å².